The van der Waals surface area contributed by atoms with Gasteiger partial charge in [-0.15, -0.1) is 0 Å². The number of aromatic nitrogens is 3. The molecule has 0 amide bonds. The summed E-state index contributed by atoms with van der Waals surface area (Å²) in [5, 5.41) is 8.49. The molecular weight excluding hydrogens is 464 g/mol. The Morgan fingerprint density at radius 3 is 2.64 bits per heavy atom. The fraction of sp³-hybridized carbons (Fsp3) is 0.130. The van der Waals surface area contributed by atoms with Crippen LogP contribution < -0.4 is 9.46 Å². The number of hydrogen-bond donors (Lipinski definition) is 2. The molecule has 0 unspecified atom stereocenters. The molecule has 0 spiro atoms. The van der Waals surface area contributed by atoms with Gasteiger partial charge in [0.05, 0.1) is 12.1 Å². The van der Waals surface area contributed by atoms with Crippen LogP contribution in [0.5, 0.6) is 5.75 Å². The molecule has 0 radical (unpaired) electrons. The van der Waals surface area contributed by atoms with Crippen LogP contribution in [0, 0.1) is 0 Å². The zero-order valence-electron chi connectivity index (χ0n) is 17.5. The number of methoxy groups -OCH3 is 1. The summed E-state index contributed by atoms with van der Waals surface area (Å²) in [6.07, 6.45) is 0.454. The predicted molar refractivity (Wildman–Crippen MR) is 126 cm³/mol. The standard InChI is InChI=1S/C23H19ClN4O4S/c1-31-15-8-6-14(7-9-15)21-17(16-4-2-3-5-19(16)26-21)12-13-25-33(29,30)23-18(24)10-11-20-22(23)28-32-27-20/h2-11,25-26H,12-13H2,1H3. The highest BCUT2D eigenvalue weighted by Crippen LogP contribution is 2.32. The van der Waals surface area contributed by atoms with Gasteiger partial charge >= 0.3 is 0 Å². The third-order valence-corrected chi connectivity index (χ3v) is 7.42. The Morgan fingerprint density at radius 1 is 1.06 bits per heavy atom. The van der Waals surface area contributed by atoms with Crippen molar-refractivity contribution in [2.75, 3.05) is 13.7 Å². The quantitative estimate of drug-likeness (QED) is 0.352. The number of H-pyrrole nitrogens is 1. The fourth-order valence-corrected chi connectivity index (χ4v) is 5.60. The Kier molecular flexibility index (Phi) is 5.53. The first-order valence-electron chi connectivity index (χ1n) is 10.1. The zero-order chi connectivity index (χ0) is 23.0. The van der Waals surface area contributed by atoms with E-state index in [4.69, 9.17) is 16.3 Å². The molecule has 0 fully saturated rings. The molecule has 2 N–H and O–H groups in total. The highest BCUT2D eigenvalue weighted by molar-refractivity contribution is 7.89. The first-order valence-corrected chi connectivity index (χ1v) is 12.0. The van der Waals surface area contributed by atoms with Gasteiger partial charge in [-0.05, 0) is 70.3 Å². The van der Waals surface area contributed by atoms with E-state index in [1.54, 1.807) is 13.2 Å². The van der Waals surface area contributed by atoms with Crippen LogP contribution in [0.15, 0.2) is 70.2 Å². The van der Waals surface area contributed by atoms with Gasteiger partial charge in [0.1, 0.15) is 16.2 Å². The number of para-hydroxylation sites is 1. The number of halogens is 1. The first-order chi connectivity index (χ1) is 16.0. The predicted octanol–water partition coefficient (Wildman–Crippen LogP) is 4.55. The number of ether oxygens (including phenoxy) is 1. The summed E-state index contributed by atoms with van der Waals surface area (Å²) in [6.45, 7) is 0.158. The average Bonchev–Trinajstić information content (AvgIpc) is 3.43. The minimum Gasteiger partial charge on any atom is -0.497 e. The highest BCUT2D eigenvalue weighted by Gasteiger charge is 2.24. The van der Waals surface area contributed by atoms with Crippen molar-refractivity contribution in [1.82, 2.24) is 20.0 Å². The monoisotopic (exact) mass is 482 g/mol. The van der Waals surface area contributed by atoms with Gasteiger partial charge in [-0.2, -0.15) is 0 Å². The topological polar surface area (TPSA) is 110 Å². The minimum atomic E-state index is -3.95. The number of nitrogens with zero attached hydrogens (tertiary/aromatic N) is 2. The van der Waals surface area contributed by atoms with Gasteiger partial charge in [-0.1, -0.05) is 29.8 Å². The molecule has 0 aliphatic carbocycles. The molecule has 0 saturated carbocycles. The van der Waals surface area contributed by atoms with Crippen molar-refractivity contribution >= 4 is 43.6 Å². The van der Waals surface area contributed by atoms with E-state index >= 15 is 0 Å². The molecule has 168 valence electrons. The molecule has 0 aliphatic rings. The lowest BCUT2D eigenvalue weighted by atomic mass is 10.0. The van der Waals surface area contributed by atoms with E-state index in [0.717, 1.165) is 33.5 Å². The second-order valence-electron chi connectivity index (χ2n) is 7.41. The number of nitrogens with one attached hydrogen (secondary N) is 2. The lowest BCUT2D eigenvalue weighted by Crippen LogP contribution is -2.26. The van der Waals surface area contributed by atoms with Crippen LogP contribution in [0.3, 0.4) is 0 Å². The van der Waals surface area contributed by atoms with Crippen LogP contribution in [0.4, 0.5) is 0 Å². The summed E-state index contributed by atoms with van der Waals surface area (Å²) in [5.41, 5.74) is 4.30. The second-order valence-corrected chi connectivity index (χ2v) is 9.52. The van der Waals surface area contributed by atoms with Crippen molar-refractivity contribution < 1.29 is 17.8 Å². The first kappa shape index (κ1) is 21.4. The van der Waals surface area contributed by atoms with Crippen LogP contribution in [0.25, 0.3) is 33.2 Å². The molecule has 2 heterocycles. The van der Waals surface area contributed by atoms with Crippen molar-refractivity contribution in [1.29, 1.82) is 0 Å². The molecule has 3 aromatic carbocycles. The lowest BCUT2D eigenvalue weighted by molar-refractivity contribution is 0.315. The Hall–Kier alpha value is -3.40. The Morgan fingerprint density at radius 2 is 1.85 bits per heavy atom. The summed E-state index contributed by atoms with van der Waals surface area (Å²) >= 11 is 6.19. The number of sulfonamides is 1. The van der Waals surface area contributed by atoms with Crippen LogP contribution in [-0.2, 0) is 16.4 Å². The maximum absolute atomic E-state index is 13.1. The van der Waals surface area contributed by atoms with Crippen LogP contribution >= 0.6 is 11.6 Å². The van der Waals surface area contributed by atoms with E-state index in [1.807, 2.05) is 48.5 Å². The van der Waals surface area contributed by atoms with Gasteiger partial charge < -0.3 is 9.72 Å². The van der Waals surface area contributed by atoms with Crippen molar-refractivity contribution in [3.8, 4) is 17.0 Å². The minimum absolute atomic E-state index is 0.0525. The zero-order valence-corrected chi connectivity index (χ0v) is 19.1. The van der Waals surface area contributed by atoms with E-state index in [1.165, 1.54) is 6.07 Å². The molecule has 0 aliphatic heterocycles. The van der Waals surface area contributed by atoms with Gasteiger partial charge in [-0.3, -0.25) is 0 Å². The van der Waals surface area contributed by atoms with Crippen molar-refractivity contribution in [2.24, 2.45) is 0 Å². The van der Waals surface area contributed by atoms with Gasteiger partial charge in [0.2, 0.25) is 10.0 Å². The molecular formula is C23H19ClN4O4S. The summed E-state index contributed by atoms with van der Waals surface area (Å²) in [7, 11) is -2.33. The molecule has 2 aromatic heterocycles. The van der Waals surface area contributed by atoms with E-state index in [2.05, 4.69) is 24.6 Å². The summed E-state index contributed by atoms with van der Waals surface area (Å²) in [6, 6.07) is 18.7. The Labute approximate surface area is 194 Å². The summed E-state index contributed by atoms with van der Waals surface area (Å²) in [4.78, 5) is 3.32. The van der Waals surface area contributed by atoms with Gasteiger partial charge in [0, 0.05) is 23.1 Å². The molecule has 8 nitrogen and oxygen atoms in total. The smallest absolute Gasteiger partial charge is 0.244 e. The van der Waals surface area contributed by atoms with E-state index in [0.29, 0.717) is 11.9 Å². The van der Waals surface area contributed by atoms with Crippen molar-refractivity contribution in [2.45, 2.75) is 11.3 Å². The Balaban J connectivity index is 1.46. The largest absolute Gasteiger partial charge is 0.497 e. The third-order valence-electron chi connectivity index (χ3n) is 5.46. The van der Waals surface area contributed by atoms with Crippen molar-refractivity contribution in [3.05, 3.63) is 71.2 Å². The maximum atomic E-state index is 13.1. The average molecular weight is 483 g/mol. The molecule has 5 rings (SSSR count). The SMILES string of the molecule is COc1ccc(-c2[nH]c3ccccc3c2CCNS(=O)(=O)c2c(Cl)ccc3nonc23)cc1. The highest BCUT2D eigenvalue weighted by atomic mass is 35.5. The second kappa shape index (κ2) is 8.51. The number of benzene rings is 3. The van der Waals surface area contributed by atoms with Gasteiger partial charge in [-0.25, -0.2) is 17.8 Å². The van der Waals surface area contributed by atoms with Gasteiger partial charge in [0.15, 0.2) is 5.52 Å². The number of fused-ring (bicyclic) bond motifs is 2. The third kappa shape index (κ3) is 3.95. The maximum Gasteiger partial charge on any atom is 0.244 e. The van der Waals surface area contributed by atoms with Crippen LogP contribution in [0.1, 0.15) is 5.56 Å². The summed E-state index contributed by atoms with van der Waals surface area (Å²) < 4.78 is 38.7. The Bertz CT molecular complexity index is 1560. The molecule has 5 aromatic rings. The van der Waals surface area contributed by atoms with Crippen LogP contribution in [-0.4, -0.2) is 37.4 Å². The van der Waals surface area contributed by atoms with E-state index < -0.39 is 10.0 Å². The van der Waals surface area contributed by atoms with Gasteiger partial charge in [0.25, 0.3) is 0 Å². The summed E-state index contributed by atoms with van der Waals surface area (Å²) in [5.74, 6) is 0.762. The van der Waals surface area contributed by atoms with Crippen molar-refractivity contribution in [3.63, 3.8) is 0 Å². The lowest BCUT2D eigenvalue weighted by Gasteiger charge is -2.10. The number of hydrogen-bond acceptors (Lipinski definition) is 6. The van der Waals surface area contributed by atoms with Crippen LogP contribution in [0.2, 0.25) is 5.02 Å². The van der Waals surface area contributed by atoms with E-state index in [9.17, 15) is 8.42 Å². The molecule has 0 saturated heterocycles. The number of aromatic amines is 1. The normalized spacial score (nSPS) is 11.9. The fourth-order valence-electron chi connectivity index (χ4n) is 3.91. The molecule has 33 heavy (non-hydrogen) atoms. The molecule has 0 atom stereocenters. The number of rotatable bonds is 7. The molecule has 10 heteroatoms. The van der Waals surface area contributed by atoms with E-state index in [-0.39, 0.29) is 22.0 Å². The molecule has 0 bridgehead atoms.